The maximum absolute atomic E-state index is 12.4. The lowest BCUT2D eigenvalue weighted by Crippen LogP contribution is -2.56. The van der Waals surface area contributed by atoms with Crippen LogP contribution in [-0.4, -0.2) is 31.6 Å². The Morgan fingerprint density at radius 2 is 1.70 bits per heavy atom. The molecule has 0 saturated heterocycles. The SMILES string of the molecule is COc1ccccc1C(=O)OCC(=O)NC(C)C12CC3CC(CC(C3)C1)C2. The molecule has 4 bridgehead atoms. The summed E-state index contributed by atoms with van der Waals surface area (Å²) in [6.45, 7) is 1.88. The van der Waals surface area contributed by atoms with Gasteiger partial charge in [-0.15, -0.1) is 0 Å². The molecule has 27 heavy (non-hydrogen) atoms. The number of carbonyl (C=O) groups excluding carboxylic acids is 2. The van der Waals surface area contributed by atoms with Gasteiger partial charge in [0.05, 0.1) is 7.11 Å². The minimum absolute atomic E-state index is 0.128. The minimum Gasteiger partial charge on any atom is -0.496 e. The lowest BCUT2D eigenvalue weighted by Gasteiger charge is -2.59. The molecule has 1 amide bonds. The molecule has 4 saturated carbocycles. The van der Waals surface area contributed by atoms with Gasteiger partial charge in [0.2, 0.25) is 0 Å². The van der Waals surface area contributed by atoms with Gasteiger partial charge in [-0.2, -0.15) is 0 Å². The smallest absolute Gasteiger partial charge is 0.342 e. The summed E-state index contributed by atoms with van der Waals surface area (Å²) in [7, 11) is 1.51. The molecule has 5 heteroatoms. The number of amides is 1. The molecule has 1 aromatic carbocycles. The van der Waals surface area contributed by atoms with Gasteiger partial charge in [0, 0.05) is 6.04 Å². The van der Waals surface area contributed by atoms with Crippen LogP contribution >= 0.6 is 0 Å². The Kier molecular flexibility index (Phi) is 4.87. The molecule has 4 aliphatic rings. The second-order valence-electron chi connectivity index (χ2n) is 8.85. The van der Waals surface area contributed by atoms with E-state index < -0.39 is 5.97 Å². The van der Waals surface area contributed by atoms with Crippen molar-refractivity contribution in [1.29, 1.82) is 0 Å². The van der Waals surface area contributed by atoms with Crippen LogP contribution in [0.2, 0.25) is 0 Å². The predicted octanol–water partition coefficient (Wildman–Crippen LogP) is 3.57. The molecule has 5 nitrogen and oxygen atoms in total. The fourth-order valence-electron chi connectivity index (χ4n) is 6.17. The molecule has 0 aromatic heterocycles. The van der Waals surface area contributed by atoms with Crippen molar-refractivity contribution < 1.29 is 19.1 Å². The van der Waals surface area contributed by atoms with Crippen LogP contribution in [0.4, 0.5) is 0 Å². The van der Waals surface area contributed by atoms with Crippen molar-refractivity contribution in [2.75, 3.05) is 13.7 Å². The number of hydrogen-bond acceptors (Lipinski definition) is 4. The second kappa shape index (κ2) is 7.17. The Morgan fingerprint density at radius 1 is 1.11 bits per heavy atom. The fraction of sp³-hybridized carbons (Fsp3) is 0.636. The molecular weight excluding hydrogens is 342 g/mol. The maximum atomic E-state index is 12.4. The van der Waals surface area contributed by atoms with Crippen LogP contribution in [-0.2, 0) is 9.53 Å². The molecule has 0 spiro atoms. The fourth-order valence-corrected chi connectivity index (χ4v) is 6.17. The van der Waals surface area contributed by atoms with Crippen LogP contribution in [0.1, 0.15) is 55.8 Å². The van der Waals surface area contributed by atoms with Crippen LogP contribution in [0.25, 0.3) is 0 Å². The van der Waals surface area contributed by atoms with E-state index >= 15 is 0 Å². The zero-order chi connectivity index (χ0) is 19.0. The van der Waals surface area contributed by atoms with Gasteiger partial charge in [-0.1, -0.05) is 12.1 Å². The summed E-state index contributed by atoms with van der Waals surface area (Å²) in [5, 5.41) is 3.12. The Bertz CT molecular complexity index is 693. The van der Waals surface area contributed by atoms with Gasteiger partial charge in [-0.25, -0.2) is 4.79 Å². The van der Waals surface area contributed by atoms with Crippen LogP contribution in [0.15, 0.2) is 24.3 Å². The van der Waals surface area contributed by atoms with Crippen molar-refractivity contribution >= 4 is 11.9 Å². The Morgan fingerprint density at radius 3 is 2.30 bits per heavy atom. The van der Waals surface area contributed by atoms with Crippen LogP contribution in [0, 0.1) is 23.2 Å². The molecule has 0 radical (unpaired) electrons. The Hall–Kier alpha value is -2.04. The average molecular weight is 371 g/mol. The number of hydrogen-bond donors (Lipinski definition) is 1. The van der Waals surface area contributed by atoms with E-state index in [9.17, 15) is 9.59 Å². The molecule has 146 valence electrons. The van der Waals surface area contributed by atoms with Crippen molar-refractivity contribution in [2.45, 2.75) is 51.5 Å². The van der Waals surface area contributed by atoms with Crippen molar-refractivity contribution in [3.05, 3.63) is 29.8 Å². The summed E-state index contributed by atoms with van der Waals surface area (Å²) in [5.74, 6) is 2.23. The lowest BCUT2D eigenvalue weighted by atomic mass is 9.48. The molecule has 0 heterocycles. The summed E-state index contributed by atoms with van der Waals surface area (Å²) >= 11 is 0. The summed E-state index contributed by atoms with van der Waals surface area (Å²) < 4.78 is 10.4. The van der Waals surface area contributed by atoms with E-state index in [1.165, 1.54) is 45.6 Å². The van der Waals surface area contributed by atoms with E-state index in [0.29, 0.717) is 11.3 Å². The van der Waals surface area contributed by atoms with E-state index in [2.05, 4.69) is 12.2 Å². The third-order valence-electron chi connectivity index (χ3n) is 7.04. The molecule has 5 rings (SSSR count). The third-order valence-corrected chi connectivity index (χ3v) is 7.04. The monoisotopic (exact) mass is 371 g/mol. The number of para-hydroxylation sites is 1. The molecule has 1 aromatic rings. The first-order valence-electron chi connectivity index (χ1n) is 10.1. The van der Waals surface area contributed by atoms with E-state index in [1.54, 1.807) is 24.3 Å². The summed E-state index contributed by atoms with van der Waals surface area (Å²) in [5.41, 5.74) is 0.582. The maximum Gasteiger partial charge on any atom is 0.342 e. The number of esters is 1. The highest BCUT2D eigenvalue weighted by molar-refractivity contribution is 5.94. The van der Waals surface area contributed by atoms with E-state index in [0.717, 1.165) is 17.8 Å². The normalized spacial score (nSPS) is 32.0. The Balaban J connectivity index is 1.32. The molecule has 1 N–H and O–H groups in total. The zero-order valence-corrected chi connectivity index (χ0v) is 16.2. The van der Waals surface area contributed by atoms with E-state index in [1.807, 2.05) is 0 Å². The largest absolute Gasteiger partial charge is 0.496 e. The predicted molar refractivity (Wildman–Crippen MR) is 101 cm³/mol. The van der Waals surface area contributed by atoms with Crippen LogP contribution < -0.4 is 10.1 Å². The first-order chi connectivity index (χ1) is 13.0. The highest BCUT2D eigenvalue weighted by atomic mass is 16.5. The van der Waals surface area contributed by atoms with Crippen molar-refractivity contribution in [3.63, 3.8) is 0 Å². The van der Waals surface area contributed by atoms with Gasteiger partial charge >= 0.3 is 5.97 Å². The number of ether oxygens (including phenoxy) is 2. The van der Waals surface area contributed by atoms with Crippen molar-refractivity contribution in [1.82, 2.24) is 5.32 Å². The molecule has 0 aliphatic heterocycles. The van der Waals surface area contributed by atoms with Gasteiger partial charge in [-0.3, -0.25) is 4.79 Å². The number of nitrogens with one attached hydrogen (secondary N) is 1. The van der Waals surface area contributed by atoms with Crippen molar-refractivity contribution in [2.24, 2.45) is 23.2 Å². The van der Waals surface area contributed by atoms with Gasteiger partial charge in [0.15, 0.2) is 6.61 Å². The lowest BCUT2D eigenvalue weighted by molar-refractivity contribution is -0.128. The Labute approximate surface area is 160 Å². The topological polar surface area (TPSA) is 64.6 Å². The first kappa shape index (κ1) is 18.3. The average Bonchev–Trinajstić information content (AvgIpc) is 2.65. The van der Waals surface area contributed by atoms with Gasteiger partial charge in [0.1, 0.15) is 11.3 Å². The molecule has 1 unspecified atom stereocenters. The first-order valence-corrected chi connectivity index (χ1v) is 10.1. The quantitative estimate of drug-likeness (QED) is 0.777. The minimum atomic E-state index is -0.537. The number of rotatable bonds is 6. The van der Waals surface area contributed by atoms with Crippen LogP contribution in [0.5, 0.6) is 5.75 Å². The molecule has 4 aliphatic carbocycles. The highest BCUT2D eigenvalue weighted by Crippen LogP contribution is 2.61. The number of carbonyl (C=O) groups is 2. The van der Waals surface area contributed by atoms with Crippen LogP contribution in [0.3, 0.4) is 0 Å². The summed E-state index contributed by atoms with van der Waals surface area (Å²) in [4.78, 5) is 24.7. The van der Waals surface area contributed by atoms with E-state index in [4.69, 9.17) is 9.47 Å². The molecule has 4 fully saturated rings. The van der Waals surface area contributed by atoms with Gasteiger partial charge in [0.25, 0.3) is 5.91 Å². The highest BCUT2D eigenvalue weighted by Gasteiger charge is 2.53. The summed E-state index contributed by atoms with van der Waals surface area (Å²) in [6.07, 6.45) is 7.87. The van der Waals surface area contributed by atoms with Gasteiger partial charge < -0.3 is 14.8 Å². The third kappa shape index (κ3) is 3.56. The standard InChI is InChI=1S/C22H29NO4/c1-14(22-10-15-7-16(11-22)9-17(8-15)12-22)23-20(24)13-27-21(25)18-5-3-4-6-19(18)26-2/h3-6,14-17H,7-13H2,1-2H3,(H,23,24). The number of benzene rings is 1. The molecule has 1 atom stereocenters. The van der Waals surface area contributed by atoms with E-state index in [-0.39, 0.29) is 24.0 Å². The molecular formula is C22H29NO4. The second-order valence-corrected chi connectivity index (χ2v) is 8.85. The summed E-state index contributed by atoms with van der Waals surface area (Å²) in [6, 6.07) is 7.00. The van der Waals surface area contributed by atoms with Crippen molar-refractivity contribution in [3.8, 4) is 5.75 Å². The van der Waals surface area contributed by atoms with Gasteiger partial charge in [-0.05, 0) is 80.8 Å². The zero-order valence-electron chi connectivity index (χ0n) is 16.2. The number of methoxy groups -OCH3 is 1.